The maximum atomic E-state index is 9.87. The van der Waals surface area contributed by atoms with Crippen LogP contribution in [0.1, 0.15) is 11.1 Å². The first-order chi connectivity index (χ1) is 10.7. The van der Waals surface area contributed by atoms with Crippen molar-refractivity contribution in [3.05, 3.63) is 69.7 Å². The van der Waals surface area contributed by atoms with Gasteiger partial charge in [0.25, 0.3) is 0 Å². The second-order valence-corrected chi connectivity index (χ2v) is 7.70. The molecule has 0 fully saturated rings. The van der Waals surface area contributed by atoms with Gasteiger partial charge in [0.15, 0.2) is 0 Å². The van der Waals surface area contributed by atoms with E-state index < -0.39 is 7.81 Å². The fourth-order valence-electron chi connectivity index (χ4n) is 1.73. The first-order valence-electron chi connectivity index (χ1n) is 6.56. The van der Waals surface area contributed by atoms with Crippen molar-refractivity contribution in [2.75, 3.05) is 0 Å². The Morgan fingerprint density at radius 1 is 0.708 bits per heavy atom. The van der Waals surface area contributed by atoms with E-state index in [4.69, 9.17) is 23.2 Å². The Kier molecular flexibility index (Phi) is 6.21. The van der Waals surface area contributed by atoms with E-state index in [1.165, 1.54) is 11.1 Å². The van der Waals surface area contributed by atoms with E-state index in [9.17, 15) is 25.2 Å². The third-order valence-electron chi connectivity index (χ3n) is 2.54. The molecule has 136 valence electrons. The number of benzene rings is 2. The van der Waals surface area contributed by atoms with E-state index in [1.807, 2.05) is 36.4 Å². The molecule has 0 aliphatic carbocycles. The Hall–Kier alpha value is -1.01. The van der Waals surface area contributed by atoms with E-state index in [1.54, 1.807) is 0 Å². The van der Waals surface area contributed by atoms with Crippen LogP contribution in [0.4, 0.5) is 25.2 Å². The van der Waals surface area contributed by atoms with Crippen molar-refractivity contribution in [2.24, 2.45) is 0 Å². The predicted molar refractivity (Wildman–Crippen MR) is 85.8 cm³/mol. The molecule has 0 aliphatic rings. The minimum absolute atomic E-state index is 0.790. The summed E-state index contributed by atoms with van der Waals surface area (Å²) in [6.07, 6.45) is 0. The molecule has 2 aromatic carbocycles. The van der Waals surface area contributed by atoms with Crippen LogP contribution in [0.3, 0.4) is 0 Å². The molecular weight excluding hydrogens is 398 g/mol. The van der Waals surface area contributed by atoms with E-state index in [-0.39, 0.29) is 0 Å². The van der Waals surface area contributed by atoms with Gasteiger partial charge in [-0.3, -0.25) is 0 Å². The van der Waals surface area contributed by atoms with Gasteiger partial charge < -0.3 is 5.32 Å². The average Bonchev–Trinajstić information content (AvgIpc) is 2.35. The summed E-state index contributed by atoms with van der Waals surface area (Å²) >= 11 is 11.9. The van der Waals surface area contributed by atoms with Crippen LogP contribution in [0.5, 0.6) is 0 Å². The van der Waals surface area contributed by atoms with Crippen LogP contribution in [0, 0.1) is 0 Å². The van der Waals surface area contributed by atoms with Gasteiger partial charge in [0.1, 0.15) is 13.1 Å². The molecular formula is C14H14Cl2F6NP. The van der Waals surface area contributed by atoms with E-state index in [2.05, 4.69) is 17.4 Å². The van der Waals surface area contributed by atoms with Gasteiger partial charge in [-0.2, -0.15) is 0 Å². The predicted octanol–water partition coefficient (Wildman–Crippen LogP) is 6.64. The van der Waals surface area contributed by atoms with Crippen molar-refractivity contribution in [1.82, 2.24) is 0 Å². The normalized spacial score (nSPS) is 14.2. The zero-order valence-electron chi connectivity index (χ0n) is 12.1. The van der Waals surface area contributed by atoms with Gasteiger partial charge in [-0.15, -0.1) is 0 Å². The molecule has 0 unspecified atom stereocenters. The molecule has 0 bridgehead atoms. The molecule has 2 rings (SSSR count). The Morgan fingerprint density at radius 2 is 1.04 bits per heavy atom. The standard InChI is InChI=1S/C14H13Cl2N.F6P/c15-13-5-1-3-11(7-13)9-17-10-12-4-2-6-14(16)8-12;1-7(2,3,4,5)6/h1-8,17H,9-10H2;/q;-1/p+1. The van der Waals surface area contributed by atoms with Crippen molar-refractivity contribution in [3.63, 3.8) is 0 Å². The van der Waals surface area contributed by atoms with Crippen LogP contribution in [0.25, 0.3) is 0 Å². The van der Waals surface area contributed by atoms with E-state index in [0.29, 0.717) is 0 Å². The van der Waals surface area contributed by atoms with Crippen molar-refractivity contribution >= 4 is 31.0 Å². The molecule has 0 saturated heterocycles. The number of halogens is 8. The summed E-state index contributed by atoms with van der Waals surface area (Å²) in [5.41, 5.74) is 2.47. The fourth-order valence-corrected chi connectivity index (χ4v) is 2.16. The minimum atomic E-state index is -10.7. The van der Waals surface area contributed by atoms with Crippen molar-refractivity contribution in [1.29, 1.82) is 0 Å². The zero-order chi connectivity index (χ0) is 18.5. The Balaban J connectivity index is 0.000000351. The van der Waals surface area contributed by atoms with Gasteiger partial charge >= 0.3 is 33.0 Å². The molecule has 2 N–H and O–H groups in total. The topological polar surface area (TPSA) is 16.6 Å². The summed E-state index contributed by atoms with van der Waals surface area (Å²) in [5, 5.41) is 3.81. The molecule has 0 saturated carbocycles. The van der Waals surface area contributed by atoms with Crippen LogP contribution < -0.4 is 5.32 Å². The summed E-state index contributed by atoms with van der Waals surface area (Å²) < 4.78 is 59.2. The summed E-state index contributed by atoms with van der Waals surface area (Å²) in [4.78, 5) is 0. The number of quaternary nitrogens is 1. The number of hydrogen-bond donors (Lipinski definition) is 1. The second kappa shape index (κ2) is 7.08. The molecule has 10 heteroatoms. The number of nitrogens with two attached hydrogens (primary N) is 1. The van der Waals surface area contributed by atoms with E-state index in [0.717, 1.165) is 23.1 Å². The summed E-state index contributed by atoms with van der Waals surface area (Å²) in [7, 11) is -10.7. The van der Waals surface area contributed by atoms with Gasteiger partial charge in [0.05, 0.1) is 0 Å². The van der Waals surface area contributed by atoms with Gasteiger partial charge in [-0.05, 0) is 24.3 Å². The molecule has 0 heterocycles. The summed E-state index contributed by atoms with van der Waals surface area (Å²) in [6.45, 7) is 1.85. The summed E-state index contributed by atoms with van der Waals surface area (Å²) in [5.74, 6) is 0. The molecule has 0 amide bonds. The zero-order valence-corrected chi connectivity index (χ0v) is 14.5. The molecule has 0 radical (unpaired) electrons. The first kappa shape index (κ1) is 21.0. The quantitative estimate of drug-likeness (QED) is 0.428. The van der Waals surface area contributed by atoms with Crippen molar-refractivity contribution in [2.45, 2.75) is 13.1 Å². The Labute approximate surface area is 144 Å². The van der Waals surface area contributed by atoms with Crippen LogP contribution in [0.15, 0.2) is 48.5 Å². The molecule has 0 aliphatic heterocycles. The maximum absolute atomic E-state index is 10.7. The van der Waals surface area contributed by atoms with Crippen LogP contribution >= 0.6 is 31.0 Å². The number of hydrogen-bond acceptors (Lipinski definition) is 0. The second-order valence-electron chi connectivity index (χ2n) is 4.92. The van der Waals surface area contributed by atoms with Crippen molar-refractivity contribution < 1.29 is 30.5 Å². The molecule has 0 atom stereocenters. The van der Waals surface area contributed by atoms with Gasteiger partial charge in [-0.25, -0.2) is 0 Å². The van der Waals surface area contributed by atoms with Crippen molar-refractivity contribution in [3.8, 4) is 0 Å². The van der Waals surface area contributed by atoms with Crippen LogP contribution in [0.2, 0.25) is 10.0 Å². The molecule has 24 heavy (non-hydrogen) atoms. The third kappa shape index (κ3) is 13.4. The SMILES string of the molecule is Clc1cccc(C[NH2+]Cc2cccc(Cl)c2)c1.F[P-](F)(F)(F)(F)F. The van der Waals surface area contributed by atoms with E-state index >= 15 is 0 Å². The van der Waals surface area contributed by atoms with Crippen LogP contribution in [-0.2, 0) is 13.1 Å². The molecule has 0 aromatic heterocycles. The molecule has 1 nitrogen and oxygen atoms in total. The van der Waals surface area contributed by atoms with Gasteiger partial charge in [0, 0.05) is 21.2 Å². The third-order valence-corrected chi connectivity index (χ3v) is 3.01. The monoisotopic (exact) mass is 411 g/mol. The Morgan fingerprint density at radius 3 is 1.33 bits per heavy atom. The van der Waals surface area contributed by atoms with Gasteiger partial charge in [-0.1, -0.05) is 47.5 Å². The number of rotatable bonds is 4. The molecule has 0 spiro atoms. The van der Waals surface area contributed by atoms with Gasteiger partial charge in [0.2, 0.25) is 0 Å². The van der Waals surface area contributed by atoms with Crippen LogP contribution in [-0.4, -0.2) is 0 Å². The molecule has 2 aromatic rings. The Bertz CT molecular complexity index is 634. The summed E-state index contributed by atoms with van der Waals surface area (Å²) in [6, 6.07) is 15.9. The fraction of sp³-hybridized carbons (Fsp3) is 0.143. The first-order valence-corrected chi connectivity index (χ1v) is 9.34. The average molecular weight is 412 g/mol.